The summed E-state index contributed by atoms with van der Waals surface area (Å²) < 4.78 is 1.55. The molecule has 0 unspecified atom stereocenters. The standard InChI is InChI=1S/C13H17N5O/c1-3-14-17-12-15-11(10-8-6-5-7-9-10)18(4-2)13(19)16-12/h5-9,14H,3-4H2,1-2H3,(H,16,17,19). The largest absolute Gasteiger partial charge is 0.352 e. The molecular formula is C13H17N5O. The Morgan fingerprint density at radius 2 is 1.89 bits per heavy atom. The predicted octanol–water partition coefficient (Wildman–Crippen LogP) is 1.26. The Labute approximate surface area is 111 Å². The van der Waals surface area contributed by atoms with Crippen LogP contribution in [0.1, 0.15) is 13.8 Å². The summed E-state index contributed by atoms with van der Waals surface area (Å²) in [6, 6.07) is 9.60. The minimum absolute atomic E-state index is 0.287. The van der Waals surface area contributed by atoms with Gasteiger partial charge in [0.2, 0.25) is 5.95 Å². The summed E-state index contributed by atoms with van der Waals surface area (Å²) in [6.07, 6.45) is 0. The van der Waals surface area contributed by atoms with E-state index in [1.165, 1.54) is 0 Å². The number of nitrogens with one attached hydrogen (secondary N) is 2. The van der Waals surface area contributed by atoms with Crippen molar-refractivity contribution in [2.24, 2.45) is 0 Å². The van der Waals surface area contributed by atoms with Crippen molar-refractivity contribution in [2.45, 2.75) is 20.4 Å². The fraction of sp³-hybridized carbons (Fsp3) is 0.308. The molecule has 0 fully saturated rings. The SMILES string of the molecule is CCNNc1nc(-c2ccccc2)n(CC)c(=O)n1. The van der Waals surface area contributed by atoms with Crippen molar-refractivity contribution < 1.29 is 0 Å². The van der Waals surface area contributed by atoms with Crippen molar-refractivity contribution in [3.8, 4) is 11.4 Å². The van der Waals surface area contributed by atoms with Crippen molar-refractivity contribution in [2.75, 3.05) is 12.0 Å². The van der Waals surface area contributed by atoms with Gasteiger partial charge >= 0.3 is 5.69 Å². The zero-order chi connectivity index (χ0) is 13.7. The normalized spacial score (nSPS) is 10.4. The monoisotopic (exact) mass is 259 g/mol. The molecule has 0 aliphatic rings. The highest BCUT2D eigenvalue weighted by molar-refractivity contribution is 5.56. The molecule has 2 rings (SSSR count). The van der Waals surface area contributed by atoms with Crippen LogP contribution < -0.4 is 16.5 Å². The summed E-state index contributed by atoms with van der Waals surface area (Å²) in [7, 11) is 0. The number of anilines is 1. The van der Waals surface area contributed by atoms with E-state index in [0.29, 0.717) is 18.9 Å². The van der Waals surface area contributed by atoms with Gasteiger partial charge in [-0.2, -0.15) is 9.97 Å². The smallest absolute Gasteiger partial charge is 0.289 e. The minimum atomic E-state index is -0.309. The van der Waals surface area contributed by atoms with E-state index in [1.54, 1.807) is 4.57 Å². The minimum Gasteiger partial charge on any atom is -0.289 e. The van der Waals surface area contributed by atoms with Crippen LogP contribution in [0.2, 0.25) is 0 Å². The van der Waals surface area contributed by atoms with Crippen molar-refractivity contribution in [1.29, 1.82) is 0 Å². The second-order valence-electron chi connectivity index (χ2n) is 3.92. The van der Waals surface area contributed by atoms with Crippen LogP contribution in [0.25, 0.3) is 11.4 Å². The van der Waals surface area contributed by atoms with Gasteiger partial charge in [0, 0.05) is 18.7 Å². The number of rotatable bonds is 5. The zero-order valence-electron chi connectivity index (χ0n) is 11.1. The summed E-state index contributed by atoms with van der Waals surface area (Å²) in [6.45, 7) is 5.08. The van der Waals surface area contributed by atoms with E-state index in [1.807, 2.05) is 44.2 Å². The highest BCUT2D eigenvalue weighted by Crippen LogP contribution is 2.15. The van der Waals surface area contributed by atoms with Crippen LogP contribution in [0.15, 0.2) is 35.1 Å². The van der Waals surface area contributed by atoms with Gasteiger partial charge in [-0.3, -0.25) is 9.99 Å². The van der Waals surface area contributed by atoms with Gasteiger partial charge in [-0.15, -0.1) is 0 Å². The molecule has 19 heavy (non-hydrogen) atoms. The average molecular weight is 259 g/mol. The van der Waals surface area contributed by atoms with Crippen molar-refractivity contribution in [3.63, 3.8) is 0 Å². The molecule has 0 amide bonds. The van der Waals surface area contributed by atoms with Gasteiger partial charge in [-0.25, -0.2) is 10.2 Å². The van der Waals surface area contributed by atoms with Crippen LogP contribution in [0.5, 0.6) is 0 Å². The van der Waals surface area contributed by atoms with Crippen LogP contribution in [0, 0.1) is 0 Å². The molecular weight excluding hydrogens is 242 g/mol. The summed E-state index contributed by atoms with van der Waals surface area (Å²) in [5.74, 6) is 0.902. The molecule has 0 saturated carbocycles. The van der Waals surface area contributed by atoms with E-state index >= 15 is 0 Å². The molecule has 0 atom stereocenters. The first kappa shape index (κ1) is 13.2. The molecule has 6 heteroatoms. The van der Waals surface area contributed by atoms with E-state index in [0.717, 1.165) is 5.56 Å². The van der Waals surface area contributed by atoms with Gasteiger partial charge in [0.25, 0.3) is 0 Å². The van der Waals surface area contributed by atoms with E-state index in [9.17, 15) is 4.79 Å². The first-order valence-electron chi connectivity index (χ1n) is 6.29. The second kappa shape index (κ2) is 6.10. The lowest BCUT2D eigenvalue weighted by molar-refractivity contribution is 0.681. The van der Waals surface area contributed by atoms with Gasteiger partial charge in [0.1, 0.15) is 5.82 Å². The Bertz CT molecular complexity index is 594. The molecule has 1 aromatic carbocycles. The average Bonchev–Trinajstić information content (AvgIpc) is 2.45. The fourth-order valence-electron chi connectivity index (χ4n) is 1.74. The Hall–Kier alpha value is -2.21. The van der Waals surface area contributed by atoms with Gasteiger partial charge in [0.05, 0.1) is 0 Å². The Balaban J connectivity index is 2.51. The summed E-state index contributed by atoms with van der Waals surface area (Å²) in [5, 5.41) is 0. The van der Waals surface area contributed by atoms with Gasteiger partial charge in [-0.05, 0) is 6.92 Å². The second-order valence-corrected chi connectivity index (χ2v) is 3.92. The Kier molecular flexibility index (Phi) is 4.25. The van der Waals surface area contributed by atoms with Crippen molar-refractivity contribution in [1.82, 2.24) is 20.0 Å². The number of aromatic nitrogens is 3. The molecule has 1 heterocycles. The number of hydrogen-bond donors (Lipinski definition) is 2. The maximum absolute atomic E-state index is 12.0. The van der Waals surface area contributed by atoms with E-state index in [-0.39, 0.29) is 11.6 Å². The Morgan fingerprint density at radius 3 is 2.53 bits per heavy atom. The van der Waals surface area contributed by atoms with Crippen LogP contribution in [-0.4, -0.2) is 21.1 Å². The third kappa shape index (κ3) is 2.97. The summed E-state index contributed by atoms with van der Waals surface area (Å²) >= 11 is 0. The van der Waals surface area contributed by atoms with Crippen LogP contribution in [0.3, 0.4) is 0 Å². The van der Waals surface area contributed by atoms with E-state index in [4.69, 9.17) is 0 Å². The molecule has 0 aliphatic carbocycles. The summed E-state index contributed by atoms with van der Waals surface area (Å²) in [4.78, 5) is 20.3. The number of hydrogen-bond acceptors (Lipinski definition) is 5. The number of nitrogens with zero attached hydrogens (tertiary/aromatic N) is 3. The topological polar surface area (TPSA) is 71.8 Å². The molecule has 0 radical (unpaired) electrons. The van der Waals surface area contributed by atoms with Gasteiger partial charge < -0.3 is 0 Å². The molecule has 6 nitrogen and oxygen atoms in total. The number of hydrazine groups is 1. The molecule has 100 valence electrons. The lowest BCUT2D eigenvalue weighted by Gasteiger charge is -2.11. The van der Waals surface area contributed by atoms with Crippen molar-refractivity contribution >= 4 is 5.95 Å². The maximum atomic E-state index is 12.0. The maximum Gasteiger partial charge on any atom is 0.352 e. The first-order chi connectivity index (χ1) is 9.26. The Morgan fingerprint density at radius 1 is 1.16 bits per heavy atom. The van der Waals surface area contributed by atoms with Crippen LogP contribution >= 0.6 is 0 Å². The first-order valence-corrected chi connectivity index (χ1v) is 6.29. The van der Waals surface area contributed by atoms with Crippen LogP contribution in [-0.2, 0) is 6.54 Å². The van der Waals surface area contributed by atoms with E-state index < -0.39 is 0 Å². The number of benzene rings is 1. The molecule has 2 N–H and O–H groups in total. The highest BCUT2D eigenvalue weighted by Gasteiger charge is 2.10. The molecule has 0 spiro atoms. The molecule has 0 aliphatic heterocycles. The van der Waals surface area contributed by atoms with Gasteiger partial charge in [0.15, 0.2) is 0 Å². The predicted molar refractivity (Wildman–Crippen MR) is 74.7 cm³/mol. The fourth-order valence-corrected chi connectivity index (χ4v) is 1.74. The lowest BCUT2D eigenvalue weighted by Crippen LogP contribution is -2.30. The summed E-state index contributed by atoms with van der Waals surface area (Å²) in [5.41, 5.74) is 6.28. The third-order valence-corrected chi connectivity index (χ3v) is 2.63. The molecule has 2 aromatic rings. The molecule has 0 bridgehead atoms. The molecule has 0 saturated heterocycles. The zero-order valence-corrected chi connectivity index (χ0v) is 11.1. The van der Waals surface area contributed by atoms with Crippen molar-refractivity contribution in [3.05, 3.63) is 40.8 Å². The molecule has 1 aromatic heterocycles. The van der Waals surface area contributed by atoms with Crippen LogP contribution in [0.4, 0.5) is 5.95 Å². The lowest BCUT2D eigenvalue weighted by atomic mass is 10.2. The van der Waals surface area contributed by atoms with E-state index in [2.05, 4.69) is 20.8 Å². The quantitative estimate of drug-likeness (QED) is 0.791. The highest BCUT2D eigenvalue weighted by atomic mass is 16.1. The van der Waals surface area contributed by atoms with Gasteiger partial charge in [-0.1, -0.05) is 37.3 Å². The third-order valence-electron chi connectivity index (χ3n) is 2.63.